The Labute approximate surface area is 127 Å². The summed E-state index contributed by atoms with van der Waals surface area (Å²) < 4.78 is 0. The van der Waals surface area contributed by atoms with Crippen molar-refractivity contribution in [2.45, 2.75) is 57.5 Å². The van der Waals surface area contributed by atoms with Crippen molar-refractivity contribution < 1.29 is 9.59 Å². The van der Waals surface area contributed by atoms with Crippen molar-refractivity contribution in [3.05, 3.63) is 0 Å². The van der Waals surface area contributed by atoms with Crippen LogP contribution in [0.25, 0.3) is 0 Å². The van der Waals surface area contributed by atoms with Crippen molar-refractivity contribution in [2.75, 3.05) is 26.2 Å². The van der Waals surface area contributed by atoms with Crippen LogP contribution < -0.4 is 16.0 Å². The normalized spacial score (nSPS) is 22.7. The molecule has 0 bridgehead atoms. The molecule has 21 heavy (non-hydrogen) atoms. The largest absolute Gasteiger partial charge is 0.335 e. The summed E-state index contributed by atoms with van der Waals surface area (Å²) >= 11 is 0. The van der Waals surface area contributed by atoms with Crippen molar-refractivity contribution in [3.8, 4) is 0 Å². The Bertz CT molecular complexity index is 350. The minimum absolute atomic E-state index is 0.203. The highest BCUT2D eigenvalue weighted by atomic mass is 16.2. The lowest BCUT2D eigenvalue weighted by Crippen LogP contribution is -2.49. The first-order chi connectivity index (χ1) is 10.2. The molecule has 1 saturated heterocycles. The average Bonchev–Trinajstić information content (AvgIpc) is 3.10. The molecule has 2 fully saturated rings. The van der Waals surface area contributed by atoms with E-state index in [2.05, 4.69) is 27.8 Å². The number of hydrogen-bond acceptors (Lipinski definition) is 4. The van der Waals surface area contributed by atoms with E-state index in [4.69, 9.17) is 0 Å². The van der Waals surface area contributed by atoms with Gasteiger partial charge in [0.05, 0.1) is 6.54 Å². The van der Waals surface area contributed by atoms with Gasteiger partial charge in [0.15, 0.2) is 0 Å². The van der Waals surface area contributed by atoms with E-state index in [1.165, 1.54) is 0 Å². The standard InChI is InChI=1S/C15H28N4O2/c1-2-9-19(13-7-8-16-10-13)11-14(20)18-15(21)17-12-5-3-4-6-12/h12-13,16H,2-11H2,1H3,(H2,17,18,20,21). The molecule has 1 aliphatic heterocycles. The van der Waals surface area contributed by atoms with Crippen molar-refractivity contribution in [1.29, 1.82) is 0 Å². The van der Waals surface area contributed by atoms with Gasteiger partial charge in [0, 0.05) is 18.6 Å². The fraction of sp³-hybridized carbons (Fsp3) is 0.867. The van der Waals surface area contributed by atoms with E-state index in [1.54, 1.807) is 0 Å². The van der Waals surface area contributed by atoms with Gasteiger partial charge < -0.3 is 10.6 Å². The number of urea groups is 1. The predicted molar refractivity (Wildman–Crippen MR) is 82.1 cm³/mol. The Kier molecular flexibility index (Phi) is 6.45. The first-order valence-electron chi connectivity index (χ1n) is 8.24. The van der Waals surface area contributed by atoms with Gasteiger partial charge in [-0.3, -0.25) is 15.0 Å². The van der Waals surface area contributed by atoms with Crippen molar-refractivity contribution >= 4 is 11.9 Å². The third-order valence-electron chi connectivity index (χ3n) is 4.35. The molecule has 0 spiro atoms. The maximum Gasteiger partial charge on any atom is 0.321 e. The predicted octanol–water partition coefficient (Wildman–Crippen LogP) is 0.829. The fourth-order valence-corrected chi connectivity index (χ4v) is 3.27. The molecular weight excluding hydrogens is 268 g/mol. The van der Waals surface area contributed by atoms with Gasteiger partial charge in [-0.05, 0) is 38.8 Å². The van der Waals surface area contributed by atoms with Gasteiger partial charge in [-0.25, -0.2) is 4.79 Å². The molecule has 0 aromatic heterocycles. The van der Waals surface area contributed by atoms with Crippen LogP contribution >= 0.6 is 0 Å². The van der Waals surface area contributed by atoms with Crippen LogP contribution in [0.4, 0.5) is 4.79 Å². The van der Waals surface area contributed by atoms with E-state index in [0.29, 0.717) is 12.6 Å². The lowest BCUT2D eigenvalue weighted by molar-refractivity contribution is -0.121. The first-order valence-corrected chi connectivity index (χ1v) is 8.24. The molecule has 0 aromatic rings. The molecule has 6 heteroatoms. The molecule has 1 atom stereocenters. The molecule has 2 rings (SSSR count). The van der Waals surface area contributed by atoms with Crippen LogP contribution in [-0.4, -0.2) is 55.1 Å². The van der Waals surface area contributed by atoms with E-state index >= 15 is 0 Å². The summed E-state index contributed by atoms with van der Waals surface area (Å²) in [5.41, 5.74) is 0. The number of carbonyl (C=O) groups is 2. The molecule has 1 saturated carbocycles. The topological polar surface area (TPSA) is 73.5 Å². The number of amides is 3. The Balaban J connectivity index is 1.73. The van der Waals surface area contributed by atoms with E-state index < -0.39 is 0 Å². The Morgan fingerprint density at radius 3 is 2.62 bits per heavy atom. The van der Waals surface area contributed by atoms with Crippen molar-refractivity contribution in [1.82, 2.24) is 20.9 Å². The van der Waals surface area contributed by atoms with Gasteiger partial charge in [-0.1, -0.05) is 19.8 Å². The van der Waals surface area contributed by atoms with Crippen molar-refractivity contribution in [2.24, 2.45) is 0 Å². The monoisotopic (exact) mass is 296 g/mol. The molecule has 3 N–H and O–H groups in total. The van der Waals surface area contributed by atoms with Crippen LogP contribution in [0.1, 0.15) is 45.4 Å². The van der Waals surface area contributed by atoms with Gasteiger partial charge >= 0.3 is 6.03 Å². The van der Waals surface area contributed by atoms with Gasteiger partial charge in [-0.15, -0.1) is 0 Å². The quantitative estimate of drug-likeness (QED) is 0.679. The summed E-state index contributed by atoms with van der Waals surface area (Å²) in [7, 11) is 0. The highest BCUT2D eigenvalue weighted by Crippen LogP contribution is 2.17. The first kappa shape index (κ1) is 16.2. The van der Waals surface area contributed by atoms with Gasteiger partial charge in [0.1, 0.15) is 0 Å². The second-order valence-electron chi connectivity index (χ2n) is 6.12. The highest BCUT2D eigenvalue weighted by molar-refractivity contribution is 5.95. The second-order valence-corrected chi connectivity index (χ2v) is 6.12. The maximum atomic E-state index is 12.0. The summed E-state index contributed by atoms with van der Waals surface area (Å²) in [6.45, 7) is 5.25. The third kappa shape index (κ3) is 5.28. The van der Waals surface area contributed by atoms with Crippen LogP contribution in [0.3, 0.4) is 0 Å². The molecule has 1 aliphatic carbocycles. The molecule has 3 amide bonds. The van der Waals surface area contributed by atoms with Gasteiger partial charge in [0.2, 0.25) is 5.91 Å². The molecule has 120 valence electrons. The molecule has 1 heterocycles. The lowest BCUT2D eigenvalue weighted by Gasteiger charge is -2.27. The summed E-state index contributed by atoms with van der Waals surface area (Å²) in [5.74, 6) is -0.203. The van der Waals surface area contributed by atoms with Gasteiger partial charge in [0.25, 0.3) is 0 Å². The average molecular weight is 296 g/mol. The van der Waals surface area contributed by atoms with Crippen LogP contribution in [-0.2, 0) is 4.79 Å². The Morgan fingerprint density at radius 1 is 1.24 bits per heavy atom. The Morgan fingerprint density at radius 2 is 2.00 bits per heavy atom. The van der Waals surface area contributed by atoms with E-state index in [1.807, 2.05) is 0 Å². The van der Waals surface area contributed by atoms with Crippen LogP contribution in [0, 0.1) is 0 Å². The molecule has 0 aromatic carbocycles. The zero-order valence-electron chi connectivity index (χ0n) is 13.0. The minimum Gasteiger partial charge on any atom is -0.335 e. The SMILES string of the molecule is CCCN(CC(=O)NC(=O)NC1CCCC1)C1CCNC1. The maximum absolute atomic E-state index is 12.0. The van der Waals surface area contributed by atoms with Crippen LogP contribution in [0.15, 0.2) is 0 Å². The number of rotatable bonds is 6. The third-order valence-corrected chi connectivity index (χ3v) is 4.35. The summed E-state index contributed by atoms with van der Waals surface area (Å²) in [6, 6.07) is 0.310. The van der Waals surface area contributed by atoms with Crippen LogP contribution in [0.5, 0.6) is 0 Å². The summed E-state index contributed by atoms with van der Waals surface area (Å²) in [4.78, 5) is 26.0. The molecule has 6 nitrogen and oxygen atoms in total. The molecule has 1 unspecified atom stereocenters. The van der Waals surface area contributed by atoms with E-state index in [0.717, 1.165) is 58.2 Å². The molecule has 2 aliphatic rings. The zero-order valence-corrected chi connectivity index (χ0v) is 13.0. The minimum atomic E-state index is -0.340. The van der Waals surface area contributed by atoms with Crippen LogP contribution in [0.2, 0.25) is 0 Å². The molecule has 0 radical (unpaired) electrons. The number of imide groups is 1. The summed E-state index contributed by atoms with van der Waals surface area (Å²) in [6.07, 6.45) is 6.46. The number of carbonyl (C=O) groups excluding carboxylic acids is 2. The highest BCUT2D eigenvalue weighted by Gasteiger charge is 2.24. The van der Waals surface area contributed by atoms with E-state index in [9.17, 15) is 9.59 Å². The molecular formula is C15H28N4O2. The lowest BCUT2D eigenvalue weighted by atomic mass is 10.2. The zero-order chi connectivity index (χ0) is 15.1. The second kappa shape index (κ2) is 8.34. The number of nitrogens with one attached hydrogen (secondary N) is 3. The van der Waals surface area contributed by atoms with Gasteiger partial charge in [-0.2, -0.15) is 0 Å². The number of nitrogens with zero attached hydrogens (tertiary/aromatic N) is 1. The summed E-state index contributed by atoms with van der Waals surface area (Å²) in [5, 5.41) is 8.67. The fourth-order valence-electron chi connectivity index (χ4n) is 3.27. The van der Waals surface area contributed by atoms with E-state index in [-0.39, 0.29) is 18.0 Å². The van der Waals surface area contributed by atoms with Crippen molar-refractivity contribution in [3.63, 3.8) is 0 Å². The number of hydrogen-bond donors (Lipinski definition) is 3. The smallest absolute Gasteiger partial charge is 0.321 e. The Hall–Kier alpha value is -1.14.